The normalized spacial score (nSPS) is 22.4. The van der Waals surface area contributed by atoms with Gasteiger partial charge in [-0.3, -0.25) is 0 Å². The highest BCUT2D eigenvalue weighted by Gasteiger charge is 2.35. The van der Waals surface area contributed by atoms with Crippen molar-refractivity contribution in [3.63, 3.8) is 0 Å². The third-order valence-corrected chi connectivity index (χ3v) is 5.44. The summed E-state index contributed by atoms with van der Waals surface area (Å²) >= 11 is 0. The SMILES string of the molecule is COc1cc(CCOc2ccc([C@@H]3CC[C@@](N)(CO)C3)cc2)ccc1C. The summed E-state index contributed by atoms with van der Waals surface area (Å²) in [5, 5.41) is 9.42. The van der Waals surface area contributed by atoms with E-state index >= 15 is 0 Å². The van der Waals surface area contributed by atoms with Gasteiger partial charge in [0.2, 0.25) is 0 Å². The lowest BCUT2D eigenvalue weighted by Gasteiger charge is -2.21. The van der Waals surface area contributed by atoms with Gasteiger partial charge in [-0.05, 0) is 67.0 Å². The monoisotopic (exact) mass is 355 g/mol. The van der Waals surface area contributed by atoms with Crippen molar-refractivity contribution in [3.8, 4) is 11.5 Å². The Hall–Kier alpha value is -2.04. The van der Waals surface area contributed by atoms with Crippen LogP contribution in [0, 0.1) is 6.92 Å². The van der Waals surface area contributed by atoms with Crippen molar-refractivity contribution in [3.05, 3.63) is 59.2 Å². The predicted octanol–water partition coefficient (Wildman–Crippen LogP) is 3.58. The van der Waals surface area contributed by atoms with Gasteiger partial charge in [0, 0.05) is 12.0 Å². The molecule has 140 valence electrons. The molecule has 26 heavy (non-hydrogen) atoms. The van der Waals surface area contributed by atoms with Gasteiger partial charge in [0.15, 0.2) is 0 Å². The van der Waals surface area contributed by atoms with Crippen LogP contribution in [0.4, 0.5) is 0 Å². The van der Waals surface area contributed by atoms with Gasteiger partial charge in [0.1, 0.15) is 11.5 Å². The minimum absolute atomic E-state index is 0.0640. The molecule has 0 heterocycles. The number of benzene rings is 2. The van der Waals surface area contributed by atoms with E-state index in [-0.39, 0.29) is 6.61 Å². The fourth-order valence-corrected chi connectivity index (χ4v) is 3.73. The number of ether oxygens (including phenoxy) is 2. The first kappa shape index (κ1) is 18.7. The van der Waals surface area contributed by atoms with Gasteiger partial charge in [0.05, 0.1) is 20.3 Å². The van der Waals surface area contributed by atoms with Crippen molar-refractivity contribution in [1.29, 1.82) is 0 Å². The molecule has 1 fully saturated rings. The number of methoxy groups -OCH3 is 1. The van der Waals surface area contributed by atoms with E-state index in [1.807, 2.05) is 19.1 Å². The smallest absolute Gasteiger partial charge is 0.122 e. The lowest BCUT2D eigenvalue weighted by molar-refractivity contribution is 0.198. The molecular weight excluding hydrogens is 326 g/mol. The Morgan fingerprint density at radius 2 is 1.96 bits per heavy atom. The minimum Gasteiger partial charge on any atom is -0.496 e. The van der Waals surface area contributed by atoms with E-state index in [9.17, 15) is 5.11 Å². The van der Waals surface area contributed by atoms with Gasteiger partial charge in [-0.2, -0.15) is 0 Å². The first-order chi connectivity index (χ1) is 12.5. The molecule has 0 unspecified atom stereocenters. The fourth-order valence-electron chi connectivity index (χ4n) is 3.73. The zero-order valence-electron chi connectivity index (χ0n) is 15.7. The Balaban J connectivity index is 1.52. The van der Waals surface area contributed by atoms with E-state index in [1.165, 1.54) is 11.1 Å². The molecule has 3 N–H and O–H groups in total. The molecule has 1 aliphatic rings. The van der Waals surface area contributed by atoms with Gasteiger partial charge < -0.3 is 20.3 Å². The molecule has 4 heteroatoms. The second kappa shape index (κ2) is 8.11. The molecule has 1 aliphatic carbocycles. The first-order valence-electron chi connectivity index (χ1n) is 9.29. The van der Waals surface area contributed by atoms with Crippen molar-refractivity contribution in [2.24, 2.45) is 5.73 Å². The molecule has 2 aromatic rings. The number of hydrogen-bond donors (Lipinski definition) is 2. The minimum atomic E-state index is -0.408. The molecule has 0 bridgehead atoms. The number of aliphatic hydroxyl groups excluding tert-OH is 1. The quantitative estimate of drug-likeness (QED) is 0.797. The maximum atomic E-state index is 9.42. The van der Waals surface area contributed by atoms with Crippen LogP contribution in [0.15, 0.2) is 42.5 Å². The number of rotatable bonds is 7. The Morgan fingerprint density at radius 1 is 1.19 bits per heavy atom. The van der Waals surface area contributed by atoms with Crippen molar-refractivity contribution < 1.29 is 14.6 Å². The Kier molecular flexibility index (Phi) is 5.84. The number of aliphatic hydroxyl groups is 1. The summed E-state index contributed by atoms with van der Waals surface area (Å²) in [6, 6.07) is 14.6. The highest BCUT2D eigenvalue weighted by atomic mass is 16.5. The molecule has 0 saturated heterocycles. The van der Waals surface area contributed by atoms with E-state index < -0.39 is 5.54 Å². The lowest BCUT2D eigenvalue weighted by Crippen LogP contribution is -2.40. The topological polar surface area (TPSA) is 64.7 Å². The molecule has 0 spiro atoms. The van der Waals surface area contributed by atoms with Crippen molar-refractivity contribution in [2.45, 2.75) is 44.1 Å². The maximum absolute atomic E-state index is 9.42. The average Bonchev–Trinajstić information content (AvgIpc) is 3.06. The fraction of sp³-hybridized carbons (Fsp3) is 0.455. The van der Waals surface area contributed by atoms with Crippen LogP contribution in [0.2, 0.25) is 0 Å². The predicted molar refractivity (Wildman–Crippen MR) is 104 cm³/mol. The van der Waals surface area contributed by atoms with E-state index in [0.29, 0.717) is 12.5 Å². The van der Waals surface area contributed by atoms with E-state index in [0.717, 1.165) is 42.7 Å². The summed E-state index contributed by atoms with van der Waals surface area (Å²) in [6.45, 7) is 2.74. The van der Waals surface area contributed by atoms with Gasteiger partial charge in [-0.1, -0.05) is 24.3 Å². The van der Waals surface area contributed by atoms with Crippen LogP contribution in [0.3, 0.4) is 0 Å². The maximum Gasteiger partial charge on any atom is 0.122 e. The third kappa shape index (κ3) is 4.37. The van der Waals surface area contributed by atoms with Crippen LogP contribution < -0.4 is 15.2 Å². The van der Waals surface area contributed by atoms with Crippen LogP contribution in [0.1, 0.15) is 41.9 Å². The summed E-state index contributed by atoms with van der Waals surface area (Å²) in [7, 11) is 1.70. The van der Waals surface area contributed by atoms with Gasteiger partial charge >= 0.3 is 0 Å². The zero-order chi connectivity index (χ0) is 18.6. The Labute approximate surface area is 155 Å². The summed E-state index contributed by atoms with van der Waals surface area (Å²) in [5.74, 6) is 2.23. The Bertz CT molecular complexity index is 729. The summed E-state index contributed by atoms with van der Waals surface area (Å²) < 4.78 is 11.3. The molecule has 4 nitrogen and oxygen atoms in total. The van der Waals surface area contributed by atoms with Crippen LogP contribution >= 0.6 is 0 Å². The van der Waals surface area contributed by atoms with E-state index in [1.54, 1.807) is 7.11 Å². The van der Waals surface area contributed by atoms with E-state index in [2.05, 4.69) is 30.3 Å². The van der Waals surface area contributed by atoms with Crippen LogP contribution in [0.5, 0.6) is 11.5 Å². The molecule has 0 amide bonds. The van der Waals surface area contributed by atoms with Gasteiger partial charge in [-0.15, -0.1) is 0 Å². The summed E-state index contributed by atoms with van der Waals surface area (Å²) in [4.78, 5) is 0. The van der Waals surface area contributed by atoms with Crippen molar-refractivity contribution in [2.75, 3.05) is 20.3 Å². The molecule has 0 aliphatic heterocycles. The number of hydrogen-bond acceptors (Lipinski definition) is 4. The lowest BCUT2D eigenvalue weighted by atomic mass is 9.94. The molecule has 2 aromatic carbocycles. The summed E-state index contributed by atoms with van der Waals surface area (Å²) in [5.41, 5.74) is 9.40. The third-order valence-electron chi connectivity index (χ3n) is 5.44. The number of nitrogens with two attached hydrogens (primary N) is 1. The van der Waals surface area contributed by atoms with Crippen LogP contribution in [-0.4, -0.2) is 31.0 Å². The zero-order valence-corrected chi connectivity index (χ0v) is 15.7. The number of aryl methyl sites for hydroxylation is 1. The Morgan fingerprint density at radius 3 is 2.62 bits per heavy atom. The molecule has 1 saturated carbocycles. The van der Waals surface area contributed by atoms with Gasteiger partial charge in [0.25, 0.3) is 0 Å². The second-order valence-electron chi connectivity index (χ2n) is 7.43. The first-order valence-corrected chi connectivity index (χ1v) is 9.29. The molecule has 0 radical (unpaired) electrons. The largest absolute Gasteiger partial charge is 0.496 e. The van der Waals surface area contributed by atoms with Crippen molar-refractivity contribution >= 4 is 0 Å². The standard InChI is InChI=1S/C22H29NO3/c1-16-3-4-17(13-21(16)25-2)10-12-26-20-7-5-18(6-8-20)19-9-11-22(23,14-19)15-24/h3-8,13,19,24H,9-12,14-15,23H2,1-2H3/t19-,22+/m1/s1. The van der Waals surface area contributed by atoms with Crippen molar-refractivity contribution in [1.82, 2.24) is 0 Å². The molecule has 2 atom stereocenters. The summed E-state index contributed by atoms with van der Waals surface area (Å²) in [6.07, 6.45) is 3.60. The molecule has 3 rings (SSSR count). The second-order valence-corrected chi connectivity index (χ2v) is 7.43. The average molecular weight is 355 g/mol. The van der Waals surface area contributed by atoms with Gasteiger partial charge in [-0.25, -0.2) is 0 Å². The van der Waals surface area contributed by atoms with Crippen LogP contribution in [-0.2, 0) is 6.42 Å². The highest BCUT2D eigenvalue weighted by molar-refractivity contribution is 5.36. The molecule has 0 aromatic heterocycles. The highest BCUT2D eigenvalue weighted by Crippen LogP contribution is 2.39. The van der Waals surface area contributed by atoms with E-state index in [4.69, 9.17) is 15.2 Å². The van der Waals surface area contributed by atoms with Crippen LogP contribution in [0.25, 0.3) is 0 Å². The molecular formula is C22H29NO3.